The molecule has 5 aromatic rings. The third-order valence-corrected chi connectivity index (χ3v) is 5.22. The molecule has 0 unspecified atom stereocenters. The summed E-state index contributed by atoms with van der Waals surface area (Å²) in [6, 6.07) is 13.9. The third kappa shape index (κ3) is 4.18. The number of imidazole rings is 1. The summed E-state index contributed by atoms with van der Waals surface area (Å²) >= 11 is 0. The van der Waals surface area contributed by atoms with E-state index in [1.807, 2.05) is 43.3 Å². The number of nitrogens with zero attached hydrogens (tertiary/aromatic N) is 3. The number of fused-ring (bicyclic) bond motifs is 1. The molecule has 3 aromatic heterocycles. The van der Waals surface area contributed by atoms with E-state index in [1.54, 1.807) is 0 Å². The highest BCUT2D eigenvalue weighted by Gasteiger charge is 2.14. The SMILES string of the molecule is CCOc1cc(-c2cccc(CCc3noc(=O)[nH]3)c2)ccc1-c1nc2[nH]cnc2c(=O)[nH]1. The first-order chi connectivity index (χ1) is 16.1. The molecule has 2 aromatic carbocycles. The fourth-order valence-corrected chi connectivity index (χ4v) is 3.68. The van der Waals surface area contributed by atoms with Crippen LogP contribution in [0, 0.1) is 0 Å². The van der Waals surface area contributed by atoms with Crippen molar-refractivity contribution >= 4 is 11.2 Å². The number of hydrogen-bond donors (Lipinski definition) is 3. The topological polar surface area (TPSA) is 143 Å². The van der Waals surface area contributed by atoms with Crippen molar-refractivity contribution in [1.29, 1.82) is 0 Å². The Bertz CT molecular complexity index is 1540. The van der Waals surface area contributed by atoms with Gasteiger partial charge in [-0.25, -0.2) is 14.8 Å². The van der Waals surface area contributed by atoms with Gasteiger partial charge in [0.2, 0.25) is 0 Å². The number of rotatable bonds is 7. The minimum atomic E-state index is -0.551. The van der Waals surface area contributed by atoms with Crippen LogP contribution in [0.15, 0.2) is 62.9 Å². The van der Waals surface area contributed by atoms with Crippen LogP contribution in [0.1, 0.15) is 18.3 Å². The van der Waals surface area contributed by atoms with Gasteiger partial charge >= 0.3 is 5.76 Å². The molecule has 10 nitrogen and oxygen atoms in total. The van der Waals surface area contributed by atoms with Crippen molar-refractivity contribution in [3.8, 4) is 28.3 Å². The Morgan fingerprint density at radius 2 is 1.91 bits per heavy atom. The summed E-state index contributed by atoms with van der Waals surface area (Å²) < 4.78 is 10.4. The summed E-state index contributed by atoms with van der Waals surface area (Å²) in [5, 5.41) is 3.71. The standard InChI is InChI=1S/C23H20N6O4/c1-2-32-17-11-15(7-8-16(17)20-27-21-19(22(30)28-20)24-12-25-21)14-5-3-4-13(10-14)6-9-18-26-23(31)33-29-18/h3-5,7-8,10-12H,2,6,9H2,1H3,(H,26,29,31)(H2,24,25,27,28,30). The summed E-state index contributed by atoms with van der Waals surface area (Å²) in [6.07, 6.45) is 2.70. The summed E-state index contributed by atoms with van der Waals surface area (Å²) in [7, 11) is 0. The number of benzene rings is 2. The number of H-pyrrole nitrogens is 3. The van der Waals surface area contributed by atoms with E-state index in [2.05, 4.69) is 40.7 Å². The number of nitrogens with one attached hydrogen (secondary N) is 3. The smallest absolute Gasteiger partial charge is 0.438 e. The van der Waals surface area contributed by atoms with Gasteiger partial charge in [0, 0.05) is 6.42 Å². The number of aromatic amines is 3. The van der Waals surface area contributed by atoms with Crippen molar-refractivity contribution < 1.29 is 9.26 Å². The third-order valence-electron chi connectivity index (χ3n) is 5.22. The maximum absolute atomic E-state index is 12.3. The summed E-state index contributed by atoms with van der Waals surface area (Å²) in [6.45, 7) is 2.36. The van der Waals surface area contributed by atoms with Gasteiger partial charge in [-0.05, 0) is 42.2 Å². The van der Waals surface area contributed by atoms with E-state index in [0.29, 0.717) is 48.1 Å². The van der Waals surface area contributed by atoms with E-state index in [0.717, 1.165) is 16.7 Å². The molecular formula is C23H20N6O4. The Kier molecular flexibility index (Phi) is 5.31. The second kappa shape index (κ2) is 8.58. The second-order valence-corrected chi connectivity index (χ2v) is 7.40. The van der Waals surface area contributed by atoms with Crippen molar-refractivity contribution in [1.82, 2.24) is 30.1 Å². The Labute approximate surface area is 186 Å². The highest BCUT2D eigenvalue weighted by Crippen LogP contribution is 2.33. The van der Waals surface area contributed by atoms with Crippen molar-refractivity contribution in [2.24, 2.45) is 0 Å². The zero-order valence-electron chi connectivity index (χ0n) is 17.7. The molecule has 0 fully saturated rings. The summed E-state index contributed by atoms with van der Waals surface area (Å²) in [5.74, 6) is 0.985. The van der Waals surface area contributed by atoms with Crippen LogP contribution in [-0.4, -0.2) is 36.7 Å². The fraction of sp³-hybridized carbons (Fsp3) is 0.174. The highest BCUT2D eigenvalue weighted by molar-refractivity contribution is 5.77. The number of aryl methyl sites for hydroxylation is 2. The predicted octanol–water partition coefficient (Wildman–Crippen LogP) is 2.84. The molecule has 0 aliphatic heterocycles. The molecule has 0 aliphatic rings. The van der Waals surface area contributed by atoms with Crippen LogP contribution in [0.5, 0.6) is 5.75 Å². The van der Waals surface area contributed by atoms with E-state index in [9.17, 15) is 9.59 Å². The van der Waals surface area contributed by atoms with Crippen LogP contribution in [0.25, 0.3) is 33.7 Å². The van der Waals surface area contributed by atoms with E-state index in [4.69, 9.17) is 4.74 Å². The lowest BCUT2D eigenvalue weighted by atomic mass is 9.99. The lowest BCUT2D eigenvalue weighted by molar-refractivity contribution is 0.341. The van der Waals surface area contributed by atoms with Gasteiger partial charge in [0.25, 0.3) is 5.56 Å². The molecule has 0 spiro atoms. The first-order valence-electron chi connectivity index (χ1n) is 10.5. The maximum Gasteiger partial charge on any atom is 0.438 e. The second-order valence-electron chi connectivity index (χ2n) is 7.40. The van der Waals surface area contributed by atoms with Gasteiger partial charge < -0.3 is 14.7 Å². The largest absolute Gasteiger partial charge is 0.493 e. The minimum absolute atomic E-state index is 0.264. The van der Waals surface area contributed by atoms with Crippen LogP contribution in [-0.2, 0) is 12.8 Å². The first-order valence-corrected chi connectivity index (χ1v) is 10.5. The lowest BCUT2D eigenvalue weighted by Gasteiger charge is -2.13. The Morgan fingerprint density at radius 3 is 2.73 bits per heavy atom. The summed E-state index contributed by atoms with van der Waals surface area (Å²) in [5.41, 5.74) is 4.11. The lowest BCUT2D eigenvalue weighted by Crippen LogP contribution is -2.10. The van der Waals surface area contributed by atoms with Gasteiger partial charge in [0.15, 0.2) is 17.0 Å². The van der Waals surface area contributed by atoms with Gasteiger partial charge in [-0.1, -0.05) is 35.5 Å². The summed E-state index contributed by atoms with van der Waals surface area (Å²) in [4.78, 5) is 40.1. The van der Waals surface area contributed by atoms with Crippen LogP contribution in [0.2, 0.25) is 0 Å². The van der Waals surface area contributed by atoms with Gasteiger partial charge in [0.1, 0.15) is 11.6 Å². The zero-order valence-corrected chi connectivity index (χ0v) is 17.7. The maximum atomic E-state index is 12.3. The number of ether oxygens (including phenoxy) is 1. The van der Waals surface area contributed by atoms with Crippen LogP contribution >= 0.6 is 0 Å². The monoisotopic (exact) mass is 444 g/mol. The highest BCUT2D eigenvalue weighted by atomic mass is 16.5. The van der Waals surface area contributed by atoms with E-state index in [-0.39, 0.29) is 11.1 Å². The average Bonchev–Trinajstić information content (AvgIpc) is 3.47. The Balaban J connectivity index is 1.47. The van der Waals surface area contributed by atoms with Gasteiger partial charge in [0.05, 0.1) is 18.5 Å². The Hall–Kier alpha value is -4.47. The van der Waals surface area contributed by atoms with E-state index in [1.165, 1.54) is 6.33 Å². The first kappa shape index (κ1) is 20.4. The molecule has 3 N–H and O–H groups in total. The van der Waals surface area contributed by atoms with Crippen LogP contribution < -0.4 is 16.1 Å². The number of hydrogen-bond acceptors (Lipinski definition) is 7. The molecule has 0 radical (unpaired) electrons. The molecular weight excluding hydrogens is 424 g/mol. The molecule has 0 atom stereocenters. The van der Waals surface area contributed by atoms with Crippen molar-refractivity contribution in [3.63, 3.8) is 0 Å². The van der Waals surface area contributed by atoms with Gasteiger partial charge in [-0.3, -0.25) is 14.3 Å². The molecule has 0 aliphatic carbocycles. The van der Waals surface area contributed by atoms with E-state index >= 15 is 0 Å². The molecule has 33 heavy (non-hydrogen) atoms. The molecule has 0 saturated carbocycles. The van der Waals surface area contributed by atoms with E-state index < -0.39 is 5.76 Å². The quantitative estimate of drug-likeness (QED) is 0.350. The van der Waals surface area contributed by atoms with Crippen LogP contribution in [0.4, 0.5) is 0 Å². The van der Waals surface area contributed by atoms with Gasteiger partial charge in [-0.2, -0.15) is 0 Å². The Morgan fingerprint density at radius 1 is 1.03 bits per heavy atom. The average molecular weight is 444 g/mol. The molecule has 166 valence electrons. The normalized spacial score (nSPS) is 11.2. The van der Waals surface area contributed by atoms with Crippen molar-refractivity contribution in [3.05, 3.63) is 81.1 Å². The van der Waals surface area contributed by atoms with Gasteiger partial charge in [-0.15, -0.1) is 0 Å². The molecule has 10 heteroatoms. The molecule has 3 heterocycles. The predicted molar refractivity (Wildman–Crippen MR) is 121 cm³/mol. The molecule has 0 amide bonds. The fourth-order valence-electron chi connectivity index (χ4n) is 3.68. The molecule has 5 rings (SSSR count). The molecule has 0 saturated heterocycles. The van der Waals surface area contributed by atoms with Crippen molar-refractivity contribution in [2.45, 2.75) is 19.8 Å². The number of aromatic nitrogens is 6. The van der Waals surface area contributed by atoms with Crippen LogP contribution in [0.3, 0.4) is 0 Å². The van der Waals surface area contributed by atoms with Crippen molar-refractivity contribution in [2.75, 3.05) is 6.61 Å². The molecule has 0 bridgehead atoms. The zero-order chi connectivity index (χ0) is 22.8. The minimum Gasteiger partial charge on any atom is -0.493 e.